The fraction of sp³-hybridized carbons (Fsp3) is 0.731. The van der Waals surface area contributed by atoms with Crippen LogP contribution in [0.25, 0.3) is 0 Å². The molecule has 0 radical (unpaired) electrons. The van der Waals surface area contributed by atoms with Crippen molar-refractivity contribution in [2.24, 2.45) is 11.8 Å². The summed E-state index contributed by atoms with van der Waals surface area (Å²) in [6.45, 7) is 7.26. The van der Waals surface area contributed by atoms with Crippen molar-refractivity contribution >= 4 is 29.5 Å². The van der Waals surface area contributed by atoms with E-state index in [4.69, 9.17) is 4.74 Å². The van der Waals surface area contributed by atoms with Gasteiger partial charge in [-0.2, -0.15) is 0 Å². The number of aliphatic hydroxyl groups is 1. The Labute approximate surface area is 206 Å². The smallest absolute Gasteiger partial charge is 0.311 e. The molecular formula is C26H38N2O5S. The molecule has 4 aliphatic rings. The predicted molar refractivity (Wildman–Crippen MR) is 132 cm³/mol. The lowest BCUT2D eigenvalue weighted by Gasteiger charge is -2.39. The van der Waals surface area contributed by atoms with E-state index in [0.29, 0.717) is 26.1 Å². The number of unbranched alkanes of at least 4 members (excludes halogenated alkanes) is 1. The second-order valence-corrected chi connectivity index (χ2v) is 11.9. The summed E-state index contributed by atoms with van der Waals surface area (Å²) in [6, 6.07) is -1.22. The molecule has 0 bridgehead atoms. The summed E-state index contributed by atoms with van der Waals surface area (Å²) in [5.74, 6) is -2.07. The molecule has 0 saturated carbocycles. The predicted octanol–water partition coefficient (Wildman–Crippen LogP) is 2.93. The maximum atomic E-state index is 14.1. The van der Waals surface area contributed by atoms with Gasteiger partial charge in [-0.3, -0.25) is 14.4 Å². The Kier molecular flexibility index (Phi) is 7.48. The fourth-order valence-electron chi connectivity index (χ4n) is 6.14. The molecule has 1 spiro atoms. The van der Waals surface area contributed by atoms with E-state index < -0.39 is 33.4 Å². The highest BCUT2D eigenvalue weighted by Gasteiger charge is 2.74. The molecule has 7 nitrogen and oxygen atoms in total. The molecule has 0 aromatic heterocycles. The number of carbonyl (C=O) groups is 3. The van der Waals surface area contributed by atoms with E-state index in [9.17, 15) is 19.5 Å². The van der Waals surface area contributed by atoms with Gasteiger partial charge in [0.15, 0.2) is 0 Å². The lowest BCUT2D eigenvalue weighted by molar-refractivity contribution is -0.154. The zero-order chi connectivity index (χ0) is 24.5. The van der Waals surface area contributed by atoms with Gasteiger partial charge in [0, 0.05) is 17.8 Å². The monoisotopic (exact) mass is 490 g/mol. The SMILES string of the molecule is CCCCN1CC=C[C@]23S[C@]4(C)/C=C\CCCCOC(=O)[C@@H]4[C@H]2C(=O)N([C@@H](CC)CO)C3C1=O. The molecule has 2 amide bonds. The second kappa shape index (κ2) is 10.1. The van der Waals surface area contributed by atoms with Crippen molar-refractivity contribution in [3.63, 3.8) is 0 Å². The van der Waals surface area contributed by atoms with Gasteiger partial charge in [0.1, 0.15) is 6.04 Å². The van der Waals surface area contributed by atoms with Crippen LogP contribution in [0.15, 0.2) is 24.3 Å². The van der Waals surface area contributed by atoms with Crippen molar-refractivity contribution in [1.82, 2.24) is 9.80 Å². The minimum absolute atomic E-state index is 0.0848. The van der Waals surface area contributed by atoms with Crippen LogP contribution < -0.4 is 0 Å². The molecule has 4 aliphatic heterocycles. The summed E-state index contributed by atoms with van der Waals surface area (Å²) in [4.78, 5) is 45.1. The number of allylic oxidation sites excluding steroid dienone is 1. The number of carbonyl (C=O) groups excluding carboxylic acids is 3. The lowest BCUT2D eigenvalue weighted by atomic mass is 9.74. The van der Waals surface area contributed by atoms with E-state index in [0.717, 1.165) is 32.1 Å². The van der Waals surface area contributed by atoms with Crippen molar-refractivity contribution in [3.05, 3.63) is 24.3 Å². The van der Waals surface area contributed by atoms with Gasteiger partial charge in [-0.1, -0.05) is 44.6 Å². The average molecular weight is 491 g/mol. The van der Waals surface area contributed by atoms with Gasteiger partial charge in [-0.25, -0.2) is 0 Å². The van der Waals surface area contributed by atoms with E-state index in [2.05, 4.69) is 19.1 Å². The van der Waals surface area contributed by atoms with Gasteiger partial charge in [0.25, 0.3) is 0 Å². The van der Waals surface area contributed by atoms with E-state index in [1.54, 1.807) is 16.7 Å². The van der Waals surface area contributed by atoms with Crippen molar-refractivity contribution in [2.45, 2.75) is 80.9 Å². The number of hydrogen-bond donors (Lipinski definition) is 1. The number of aliphatic hydroxyl groups excluding tert-OH is 1. The molecule has 8 heteroatoms. The number of likely N-dealkylation sites (tertiary alicyclic amines) is 1. The zero-order valence-electron chi connectivity index (χ0n) is 20.6. The van der Waals surface area contributed by atoms with Gasteiger partial charge in [0.05, 0.1) is 35.8 Å². The van der Waals surface area contributed by atoms with Crippen LogP contribution in [0.3, 0.4) is 0 Å². The maximum Gasteiger partial charge on any atom is 0.311 e. The zero-order valence-corrected chi connectivity index (χ0v) is 21.4. The number of rotatable bonds is 6. The Morgan fingerprint density at radius 3 is 2.65 bits per heavy atom. The minimum Gasteiger partial charge on any atom is -0.465 e. The quantitative estimate of drug-likeness (QED) is 0.455. The number of amides is 2. The van der Waals surface area contributed by atoms with Gasteiger partial charge < -0.3 is 19.6 Å². The number of esters is 1. The average Bonchev–Trinajstić information content (AvgIpc) is 3.15. The molecule has 2 fully saturated rings. The number of cyclic esters (lactones) is 1. The third-order valence-corrected chi connectivity index (χ3v) is 9.68. The van der Waals surface area contributed by atoms with E-state index in [-0.39, 0.29) is 24.4 Å². The maximum absolute atomic E-state index is 14.1. The third-order valence-electron chi connectivity index (χ3n) is 7.88. The number of thioether (sulfide) groups is 1. The molecule has 1 unspecified atom stereocenters. The van der Waals surface area contributed by atoms with Crippen molar-refractivity contribution in [1.29, 1.82) is 0 Å². The summed E-state index contributed by atoms with van der Waals surface area (Å²) < 4.78 is 4.14. The number of hydrogen-bond acceptors (Lipinski definition) is 6. The van der Waals surface area contributed by atoms with Crippen LogP contribution in [0.4, 0.5) is 0 Å². The van der Waals surface area contributed by atoms with Crippen molar-refractivity contribution in [3.8, 4) is 0 Å². The third kappa shape index (κ3) is 4.00. The highest BCUT2D eigenvalue weighted by molar-refractivity contribution is 8.02. The first-order chi connectivity index (χ1) is 16.3. The molecule has 0 aliphatic carbocycles. The largest absolute Gasteiger partial charge is 0.465 e. The van der Waals surface area contributed by atoms with Gasteiger partial charge in [0.2, 0.25) is 11.8 Å². The first-order valence-corrected chi connectivity index (χ1v) is 13.6. The van der Waals surface area contributed by atoms with Gasteiger partial charge >= 0.3 is 5.97 Å². The minimum atomic E-state index is -0.880. The van der Waals surface area contributed by atoms with Crippen LogP contribution >= 0.6 is 11.8 Å². The normalized spacial score (nSPS) is 37.5. The molecule has 188 valence electrons. The van der Waals surface area contributed by atoms with E-state index in [1.165, 1.54) is 0 Å². The number of fused-ring (bicyclic) bond motifs is 2. The number of ether oxygens (including phenoxy) is 1. The Morgan fingerprint density at radius 2 is 1.94 bits per heavy atom. The van der Waals surface area contributed by atoms with Crippen LogP contribution in [0.1, 0.15) is 59.3 Å². The topological polar surface area (TPSA) is 87.2 Å². The van der Waals surface area contributed by atoms with Crippen LogP contribution in [0.2, 0.25) is 0 Å². The van der Waals surface area contributed by atoms with Crippen LogP contribution in [-0.4, -0.2) is 80.6 Å². The van der Waals surface area contributed by atoms with E-state index >= 15 is 0 Å². The summed E-state index contributed by atoms with van der Waals surface area (Å²) in [6.07, 6.45) is 13.2. The Hall–Kier alpha value is -1.80. The first kappa shape index (κ1) is 25.3. The Balaban J connectivity index is 1.86. The summed E-state index contributed by atoms with van der Waals surface area (Å²) >= 11 is 1.56. The van der Waals surface area contributed by atoms with Crippen LogP contribution in [0.5, 0.6) is 0 Å². The molecule has 34 heavy (non-hydrogen) atoms. The Bertz CT molecular complexity index is 871. The highest BCUT2D eigenvalue weighted by Crippen LogP contribution is 2.65. The molecule has 4 heterocycles. The lowest BCUT2D eigenvalue weighted by Crippen LogP contribution is -2.56. The van der Waals surface area contributed by atoms with E-state index in [1.807, 2.05) is 30.9 Å². The van der Waals surface area contributed by atoms with Crippen LogP contribution in [0, 0.1) is 11.8 Å². The summed E-state index contributed by atoms with van der Waals surface area (Å²) in [5.41, 5.74) is 0. The highest BCUT2D eigenvalue weighted by atomic mass is 32.2. The molecule has 0 aromatic carbocycles. The summed E-state index contributed by atoms with van der Waals surface area (Å²) in [7, 11) is 0. The molecule has 6 atom stereocenters. The molecular weight excluding hydrogens is 452 g/mol. The Morgan fingerprint density at radius 1 is 1.15 bits per heavy atom. The molecule has 1 N–H and O–H groups in total. The first-order valence-electron chi connectivity index (χ1n) is 12.8. The van der Waals surface area contributed by atoms with Gasteiger partial charge in [-0.15, -0.1) is 11.8 Å². The molecule has 2 saturated heterocycles. The van der Waals surface area contributed by atoms with Crippen LogP contribution in [-0.2, 0) is 19.1 Å². The summed E-state index contributed by atoms with van der Waals surface area (Å²) in [5, 5.41) is 10.2. The second-order valence-electron chi connectivity index (χ2n) is 10.1. The molecule has 4 rings (SSSR count). The standard InChI is InChI=1S/C26H38N2O5S/c1-4-6-14-27-15-11-13-26-19(22(30)28(18(5-2)17-29)21(26)23(27)31)20-24(32)33-16-10-8-7-9-12-25(20,3)34-26/h9,11-13,18-21,29H,4-8,10,14-17H2,1-3H3/b12-9-/t18-,19-,20-,21?,25+,26-/m0/s1. The number of nitrogens with zero attached hydrogens (tertiary/aromatic N) is 2. The fourth-order valence-corrected chi connectivity index (χ4v) is 8.28. The van der Waals surface area contributed by atoms with Gasteiger partial charge in [-0.05, 0) is 39.0 Å². The van der Waals surface area contributed by atoms with Crippen molar-refractivity contribution < 1.29 is 24.2 Å². The molecule has 0 aromatic rings. The van der Waals surface area contributed by atoms with Crippen molar-refractivity contribution in [2.75, 3.05) is 26.3 Å².